The van der Waals surface area contributed by atoms with Crippen LogP contribution in [0.4, 0.5) is 0 Å². The first-order chi connectivity index (χ1) is 12.3. The molecule has 0 heterocycles. The second-order valence-corrected chi connectivity index (χ2v) is 11.3. The molecule has 1 spiro atoms. The molecule has 0 aromatic carbocycles. The van der Waals surface area contributed by atoms with Crippen LogP contribution in [0.2, 0.25) is 0 Å². The van der Waals surface area contributed by atoms with Crippen molar-refractivity contribution in [3.05, 3.63) is 0 Å². The third-order valence-corrected chi connectivity index (χ3v) is 10.6. The Balaban J connectivity index is 1.55. The summed E-state index contributed by atoms with van der Waals surface area (Å²) in [5.41, 5.74) is 0.260. The fourth-order valence-corrected chi connectivity index (χ4v) is 9.74. The third-order valence-electron chi connectivity index (χ3n) is 10.6. The van der Waals surface area contributed by atoms with Crippen molar-refractivity contribution in [2.45, 2.75) is 90.4 Å². The van der Waals surface area contributed by atoms with Crippen molar-refractivity contribution in [1.29, 1.82) is 0 Å². The highest BCUT2D eigenvalue weighted by Gasteiger charge is 2.70. The summed E-state index contributed by atoms with van der Waals surface area (Å²) in [5, 5.41) is 33.1. The fourth-order valence-electron chi connectivity index (χ4n) is 9.74. The van der Waals surface area contributed by atoms with Gasteiger partial charge in [0.1, 0.15) is 0 Å². The summed E-state index contributed by atoms with van der Waals surface area (Å²) in [6.07, 6.45) is 7.64. The minimum Gasteiger partial charge on any atom is -0.393 e. The Morgan fingerprint density at radius 1 is 0.808 bits per heavy atom. The SMILES string of the molecule is CC1CC(C)C23C(O)CC4C(C(O)CC5CC(O)CCC54C)C2CCC13. The molecule has 3 heteroatoms. The van der Waals surface area contributed by atoms with E-state index >= 15 is 0 Å². The van der Waals surface area contributed by atoms with Crippen molar-refractivity contribution in [1.82, 2.24) is 0 Å². The predicted octanol–water partition coefficient (Wildman–Crippen LogP) is 3.60. The standard InChI is InChI=1S/C23H38O3/c1-12-8-13(2)23-16(12)4-5-17(23)21-18(11-20(23)26)22(3)7-6-15(24)9-14(22)10-19(21)25/h12-21,24-26H,4-11H2,1-3H3. The molecule has 0 radical (unpaired) electrons. The molecule has 26 heavy (non-hydrogen) atoms. The van der Waals surface area contributed by atoms with Gasteiger partial charge in [0.25, 0.3) is 0 Å². The van der Waals surface area contributed by atoms with Crippen molar-refractivity contribution in [2.75, 3.05) is 0 Å². The Morgan fingerprint density at radius 2 is 1.54 bits per heavy atom. The number of rotatable bonds is 0. The molecule has 0 aliphatic heterocycles. The highest BCUT2D eigenvalue weighted by atomic mass is 16.3. The molecule has 0 amide bonds. The van der Waals surface area contributed by atoms with Crippen molar-refractivity contribution >= 4 is 0 Å². The number of hydrogen-bond donors (Lipinski definition) is 3. The van der Waals surface area contributed by atoms with Crippen LogP contribution in [-0.4, -0.2) is 33.6 Å². The second-order valence-electron chi connectivity index (χ2n) is 11.3. The fraction of sp³-hybridized carbons (Fsp3) is 1.00. The molecule has 5 aliphatic carbocycles. The van der Waals surface area contributed by atoms with Gasteiger partial charge in [0.15, 0.2) is 0 Å². The van der Waals surface area contributed by atoms with Gasteiger partial charge in [0.2, 0.25) is 0 Å². The van der Waals surface area contributed by atoms with E-state index in [1.54, 1.807) is 0 Å². The van der Waals surface area contributed by atoms with Crippen molar-refractivity contribution in [3.63, 3.8) is 0 Å². The zero-order valence-electron chi connectivity index (χ0n) is 16.8. The van der Waals surface area contributed by atoms with E-state index in [0.717, 1.165) is 38.0 Å². The van der Waals surface area contributed by atoms with Crippen LogP contribution in [0.25, 0.3) is 0 Å². The van der Waals surface area contributed by atoms with Crippen molar-refractivity contribution < 1.29 is 15.3 Å². The van der Waals surface area contributed by atoms with E-state index in [0.29, 0.717) is 35.5 Å². The quantitative estimate of drug-likeness (QED) is 0.617. The second kappa shape index (κ2) is 5.70. The van der Waals surface area contributed by atoms with E-state index in [1.807, 2.05) is 0 Å². The molecule has 0 aromatic heterocycles. The van der Waals surface area contributed by atoms with Gasteiger partial charge in [-0.15, -0.1) is 0 Å². The first-order valence-electron chi connectivity index (χ1n) is 11.3. The maximum atomic E-state index is 11.6. The van der Waals surface area contributed by atoms with Crippen LogP contribution in [0, 0.1) is 52.3 Å². The number of hydrogen-bond acceptors (Lipinski definition) is 3. The van der Waals surface area contributed by atoms with Gasteiger partial charge in [0, 0.05) is 5.41 Å². The molecule has 3 N–H and O–H groups in total. The molecular weight excluding hydrogens is 324 g/mol. The lowest BCUT2D eigenvalue weighted by Gasteiger charge is -2.64. The molecule has 5 saturated carbocycles. The molecule has 12 unspecified atom stereocenters. The summed E-state index contributed by atoms with van der Waals surface area (Å²) in [5.74, 6) is 3.67. The van der Waals surface area contributed by atoms with E-state index in [4.69, 9.17) is 0 Å². The van der Waals surface area contributed by atoms with Crippen LogP contribution >= 0.6 is 0 Å². The smallest absolute Gasteiger partial charge is 0.0607 e. The van der Waals surface area contributed by atoms with Crippen LogP contribution in [-0.2, 0) is 0 Å². The predicted molar refractivity (Wildman–Crippen MR) is 101 cm³/mol. The van der Waals surface area contributed by atoms with Gasteiger partial charge in [-0.2, -0.15) is 0 Å². The largest absolute Gasteiger partial charge is 0.393 e. The van der Waals surface area contributed by atoms with Gasteiger partial charge in [-0.3, -0.25) is 0 Å². The highest BCUT2D eigenvalue weighted by molar-refractivity contribution is 5.18. The first-order valence-corrected chi connectivity index (χ1v) is 11.3. The molecule has 148 valence electrons. The summed E-state index contributed by atoms with van der Waals surface area (Å²) in [6.45, 7) is 7.20. The van der Waals surface area contributed by atoms with Crippen molar-refractivity contribution in [3.8, 4) is 0 Å². The summed E-state index contributed by atoms with van der Waals surface area (Å²) in [6, 6.07) is 0. The maximum absolute atomic E-state index is 11.6. The van der Waals surface area contributed by atoms with Gasteiger partial charge in [0.05, 0.1) is 18.3 Å². The van der Waals surface area contributed by atoms with Gasteiger partial charge >= 0.3 is 0 Å². The average molecular weight is 363 g/mol. The van der Waals surface area contributed by atoms with Crippen molar-refractivity contribution in [2.24, 2.45) is 52.3 Å². The molecule has 3 nitrogen and oxygen atoms in total. The Hall–Kier alpha value is -0.120. The van der Waals surface area contributed by atoms with Gasteiger partial charge < -0.3 is 15.3 Å². The lowest BCUT2D eigenvalue weighted by Crippen LogP contribution is -2.63. The van der Waals surface area contributed by atoms with Gasteiger partial charge in [-0.25, -0.2) is 0 Å². The van der Waals surface area contributed by atoms with Crippen LogP contribution in [0.3, 0.4) is 0 Å². The van der Waals surface area contributed by atoms with Gasteiger partial charge in [-0.05, 0) is 98.2 Å². The Labute approximate surface area is 158 Å². The zero-order valence-corrected chi connectivity index (χ0v) is 16.8. The van der Waals surface area contributed by atoms with Crippen LogP contribution in [0.15, 0.2) is 0 Å². The third kappa shape index (κ3) is 2.01. The van der Waals surface area contributed by atoms with E-state index < -0.39 is 0 Å². The van der Waals surface area contributed by atoms with Gasteiger partial charge in [-0.1, -0.05) is 20.8 Å². The molecule has 5 aliphatic rings. The van der Waals surface area contributed by atoms with Crippen LogP contribution < -0.4 is 0 Å². The molecule has 0 bridgehead atoms. The van der Waals surface area contributed by atoms with E-state index in [1.165, 1.54) is 19.3 Å². The maximum Gasteiger partial charge on any atom is 0.0607 e. The molecule has 0 saturated heterocycles. The molecule has 5 fully saturated rings. The van der Waals surface area contributed by atoms with E-state index in [-0.39, 0.29) is 29.1 Å². The molecule has 5 rings (SSSR count). The topological polar surface area (TPSA) is 60.7 Å². The van der Waals surface area contributed by atoms with E-state index in [9.17, 15) is 15.3 Å². The Morgan fingerprint density at radius 3 is 2.31 bits per heavy atom. The van der Waals surface area contributed by atoms with Crippen LogP contribution in [0.1, 0.15) is 72.1 Å². The lowest BCUT2D eigenvalue weighted by atomic mass is 9.42. The summed E-state index contributed by atoms with van der Waals surface area (Å²) < 4.78 is 0. The Kier molecular flexibility index (Phi) is 3.94. The van der Waals surface area contributed by atoms with Crippen LogP contribution in [0.5, 0.6) is 0 Å². The lowest BCUT2D eigenvalue weighted by molar-refractivity contribution is -0.214. The number of fused-ring (bicyclic) bond motifs is 4. The number of aliphatic hydroxyl groups excluding tert-OH is 3. The zero-order chi connectivity index (χ0) is 18.4. The molecule has 0 aromatic rings. The minimum absolute atomic E-state index is 0.0684. The average Bonchev–Trinajstić information content (AvgIpc) is 3.09. The summed E-state index contributed by atoms with van der Waals surface area (Å²) in [4.78, 5) is 0. The Bertz CT molecular complexity index is 578. The number of aliphatic hydroxyl groups is 3. The highest BCUT2D eigenvalue weighted by Crippen LogP contribution is 2.73. The molecular formula is C23H38O3. The summed E-state index contributed by atoms with van der Waals surface area (Å²) in [7, 11) is 0. The first kappa shape index (κ1) is 17.9. The minimum atomic E-state index is -0.236. The molecule has 12 atom stereocenters. The van der Waals surface area contributed by atoms with E-state index in [2.05, 4.69) is 20.8 Å². The monoisotopic (exact) mass is 362 g/mol. The normalized spacial score (nSPS) is 64.4. The summed E-state index contributed by atoms with van der Waals surface area (Å²) >= 11 is 0.